The summed E-state index contributed by atoms with van der Waals surface area (Å²) in [5, 5.41) is 0.138. The minimum Gasteiger partial charge on any atom is -0.496 e. The maximum Gasteiger partial charge on any atom is 0.351 e. The standard InChI is InChI=1S/C12H10ClIO3/c1-12(10(14)9(13)11(15)17-12)7-5-3-4-6-8(7)16-2/h3-6H,1-2H3. The Balaban J connectivity index is 2.58. The van der Waals surface area contributed by atoms with E-state index in [-0.39, 0.29) is 5.03 Å². The molecule has 0 aliphatic carbocycles. The van der Waals surface area contributed by atoms with Crippen molar-refractivity contribution in [2.24, 2.45) is 0 Å². The third kappa shape index (κ3) is 1.93. The number of ether oxygens (including phenoxy) is 2. The van der Waals surface area contributed by atoms with E-state index < -0.39 is 11.6 Å². The molecule has 0 saturated carbocycles. The van der Waals surface area contributed by atoms with Crippen molar-refractivity contribution in [2.45, 2.75) is 12.5 Å². The molecule has 1 aromatic rings. The molecule has 1 atom stereocenters. The maximum atomic E-state index is 11.5. The lowest BCUT2D eigenvalue weighted by molar-refractivity contribution is -0.145. The number of cyclic esters (lactones) is 1. The van der Waals surface area contributed by atoms with Crippen LogP contribution in [0.1, 0.15) is 12.5 Å². The van der Waals surface area contributed by atoms with Crippen LogP contribution < -0.4 is 4.74 Å². The Morgan fingerprint density at radius 2 is 2.06 bits per heavy atom. The number of carbonyl (C=O) groups is 1. The second kappa shape index (κ2) is 4.49. The largest absolute Gasteiger partial charge is 0.496 e. The van der Waals surface area contributed by atoms with E-state index in [1.165, 1.54) is 0 Å². The van der Waals surface area contributed by atoms with Crippen LogP contribution in [0.3, 0.4) is 0 Å². The topological polar surface area (TPSA) is 35.5 Å². The van der Waals surface area contributed by atoms with E-state index in [4.69, 9.17) is 21.1 Å². The summed E-state index contributed by atoms with van der Waals surface area (Å²) in [5.41, 5.74) is -0.0719. The average molecular weight is 365 g/mol. The van der Waals surface area contributed by atoms with Crippen LogP contribution in [0.4, 0.5) is 0 Å². The van der Waals surface area contributed by atoms with Gasteiger partial charge in [0.1, 0.15) is 10.8 Å². The van der Waals surface area contributed by atoms with Crippen LogP contribution in [-0.4, -0.2) is 13.1 Å². The third-order valence-corrected chi connectivity index (χ3v) is 4.94. The average Bonchev–Trinajstić information content (AvgIpc) is 2.54. The van der Waals surface area contributed by atoms with Crippen molar-refractivity contribution in [3.63, 3.8) is 0 Å². The van der Waals surface area contributed by atoms with E-state index in [0.717, 1.165) is 5.56 Å². The highest BCUT2D eigenvalue weighted by atomic mass is 127. The predicted molar refractivity (Wildman–Crippen MR) is 73.3 cm³/mol. The molecule has 17 heavy (non-hydrogen) atoms. The number of benzene rings is 1. The lowest BCUT2D eigenvalue weighted by Gasteiger charge is -2.26. The van der Waals surface area contributed by atoms with Gasteiger partial charge in [-0.2, -0.15) is 0 Å². The first-order chi connectivity index (χ1) is 8.00. The molecule has 0 saturated heterocycles. The van der Waals surface area contributed by atoms with E-state index in [1.807, 2.05) is 46.9 Å². The van der Waals surface area contributed by atoms with E-state index in [1.54, 1.807) is 14.0 Å². The number of esters is 1. The van der Waals surface area contributed by atoms with Crippen molar-refractivity contribution in [1.29, 1.82) is 0 Å². The van der Waals surface area contributed by atoms with Gasteiger partial charge in [0.05, 0.1) is 10.7 Å². The zero-order valence-electron chi connectivity index (χ0n) is 9.29. The SMILES string of the molecule is COc1ccccc1C1(C)OC(=O)C(Cl)=C1I. The van der Waals surface area contributed by atoms with Gasteiger partial charge in [-0.05, 0) is 35.6 Å². The van der Waals surface area contributed by atoms with Crippen LogP contribution >= 0.6 is 34.2 Å². The number of para-hydroxylation sites is 1. The van der Waals surface area contributed by atoms with Gasteiger partial charge in [0, 0.05) is 5.56 Å². The van der Waals surface area contributed by atoms with Crippen molar-refractivity contribution in [3.8, 4) is 5.75 Å². The molecule has 0 amide bonds. The zero-order chi connectivity index (χ0) is 12.6. The Labute approximate surface area is 118 Å². The molecule has 90 valence electrons. The van der Waals surface area contributed by atoms with E-state index in [9.17, 15) is 4.79 Å². The van der Waals surface area contributed by atoms with E-state index in [0.29, 0.717) is 9.33 Å². The van der Waals surface area contributed by atoms with Crippen LogP contribution in [0, 0.1) is 0 Å². The molecule has 1 aliphatic rings. The fourth-order valence-corrected chi connectivity index (χ4v) is 2.63. The van der Waals surface area contributed by atoms with Gasteiger partial charge < -0.3 is 9.47 Å². The summed E-state index contributed by atoms with van der Waals surface area (Å²) < 4.78 is 11.3. The van der Waals surface area contributed by atoms with Gasteiger partial charge in [-0.3, -0.25) is 0 Å². The molecule has 1 aliphatic heterocycles. The van der Waals surface area contributed by atoms with Crippen LogP contribution in [0.25, 0.3) is 0 Å². The molecular weight excluding hydrogens is 354 g/mol. The van der Waals surface area contributed by atoms with Crippen molar-refractivity contribution in [1.82, 2.24) is 0 Å². The molecule has 0 fully saturated rings. The highest BCUT2D eigenvalue weighted by Crippen LogP contribution is 2.48. The summed E-state index contributed by atoms with van der Waals surface area (Å²) in [6.07, 6.45) is 0. The highest BCUT2D eigenvalue weighted by molar-refractivity contribution is 14.1. The summed E-state index contributed by atoms with van der Waals surface area (Å²) in [4.78, 5) is 11.5. The predicted octanol–water partition coefficient (Wildman–Crippen LogP) is 3.35. The summed E-state index contributed by atoms with van der Waals surface area (Å²) in [5.74, 6) is 0.174. The lowest BCUT2D eigenvalue weighted by Crippen LogP contribution is -2.24. The van der Waals surface area contributed by atoms with Crippen LogP contribution in [0.15, 0.2) is 32.9 Å². The van der Waals surface area contributed by atoms with Gasteiger partial charge in [-0.15, -0.1) is 0 Å². The number of hydrogen-bond donors (Lipinski definition) is 0. The molecule has 0 aromatic heterocycles. The smallest absolute Gasteiger partial charge is 0.351 e. The molecule has 1 heterocycles. The van der Waals surface area contributed by atoms with Crippen LogP contribution in [0.5, 0.6) is 5.75 Å². The Morgan fingerprint density at radius 1 is 1.41 bits per heavy atom. The third-order valence-electron chi connectivity index (χ3n) is 2.71. The number of methoxy groups -OCH3 is 1. The second-order valence-corrected chi connectivity index (χ2v) is 5.21. The molecule has 0 spiro atoms. The minimum absolute atomic E-state index is 0.138. The summed E-state index contributed by atoms with van der Waals surface area (Å²) in [7, 11) is 1.58. The number of carbonyl (C=O) groups excluding carboxylic acids is 1. The summed E-state index contributed by atoms with van der Waals surface area (Å²) in [6, 6.07) is 7.42. The van der Waals surface area contributed by atoms with Gasteiger partial charge >= 0.3 is 5.97 Å². The van der Waals surface area contributed by atoms with Gasteiger partial charge in [0.15, 0.2) is 5.60 Å². The van der Waals surface area contributed by atoms with Crippen LogP contribution in [-0.2, 0) is 15.1 Å². The fraction of sp³-hybridized carbons (Fsp3) is 0.250. The molecule has 0 N–H and O–H groups in total. The lowest BCUT2D eigenvalue weighted by atomic mass is 9.95. The maximum absolute atomic E-state index is 11.5. The van der Waals surface area contributed by atoms with E-state index >= 15 is 0 Å². The first kappa shape index (κ1) is 12.7. The second-order valence-electron chi connectivity index (χ2n) is 3.75. The fourth-order valence-electron chi connectivity index (χ4n) is 1.79. The van der Waals surface area contributed by atoms with Crippen molar-refractivity contribution in [3.05, 3.63) is 38.4 Å². The Kier molecular flexibility index (Phi) is 3.36. The zero-order valence-corrected chi connectivity index (χ0v) is 12.2. The highest BCUT2D eigenvalue weighted by Gasteiger charge is 2.45. The number of rotatable bonds is 2. The van der Waals surface area contributed by atoms with E-state index in [2.05, 4.69) is 0 Å². The Hall–Kier alpha value is -0.750. The van der Waals surface area contributed by atoms with Crippen LogP contribution in [0.2, 0.25) is 0 Å². The molecule has 1 unspecified atom stereocenters. The normalized spacial score (nSPS) is 23.9. The first-order valence-electron chi connectivity index (χ1n) is 4.93. The Bertz CT molecular complexity index is 512. The quantitative estimate of drug-likeness (QED) is 0.596. The molecule has 0 radical (unpaired) electrons. The van der Waals surface area contributed by atoms with Gasteiger partial charge in [0.2, 0.25) is 0 Å². The molecule has 0 bridgehead atoms. The molecule has 5 heteroatoms. The summed E-state index contributed by atoms with van der Waals surface area (Å²) >= 11 is 7.93. The van der Waals surface area contributed by atoms with Gasteiger partial charge in [-0.25, -0.2) is 4.79 Å². The van der Waals surface area contributed by atoms with Crippen molar-refractivity contribution in [2.75, 3.05) is 7.11 Å². The minimum atomic E-state index is -0.860. The molecule has 2 rings (SSSR count). The van der Waals surface area contributed by atoms with Crippen molar-refractivity contribution >= 4 is 40.2 Å². The molecular formula is C12H10ClIO3. The monoisotopic (exact) mass is 364 g/mol. The number of halogens is 2. The molecule has 1 aromatic carbocycles. The van der Waals surface area contributed by atoms with Gasteiger partial charge in [-0.1, -0.05) is 29.8 Å². The molecule has 3 nitrogen and oxygen atoms in total. The summed E-state index contributed by atoms with van der Waals surface area (Å²) in [6.45, 7) is 1.81. The first-order valence-corrected chi connectivity index (χ1v) is 6.39. The number of hydrogen-bond acceptors (Lipinski definition) is 3. The Morgan fingerprint density at radius 3 is 2.59 bits per heavy atom. The van der Waals surface area contributed by atoms with Gasteiger partial charge in [0.25, 0.3) is 0 Å². The van der Waals surface area contributed by atoms with Crippen molar-refractivity contribution < 1.29 is 14.3 Å².